The second-order valence-electron chi connectivity index (χ2n) is 8.05. The van der Waals surface area contributed by atoms with Gasteiger partial charge in [0.15, 0.2) is 0 Å². The normalized spacial score (nSPS) is 22.5. The van der Waals surface area contributed by atoms with Crippen LogP contribution in [0.1, 0.15) is 38.5 Å². The third kappa shape index (κ3) is 5.75. The smallest absolute Gasteiger partial charge is 0.265 e. The molecule has 3 N–H and O–H groups in total. The van der Waals surface area contributed by atoms with Crippen molar-refractivity contribution in [1.82, 2.24) is 9.80 Å². The topological polar surface area (TPSA) is 95.7 Å². The third-order valence-electron chi connectivity index (χ3n) is 5.54. The van der Waals surface area contributed by atoms with Gasteiger partial charge in [-0.2, -0.15) is 0 Å². The van der Waals surface area contributed by atoms with Crippen molar-refractivity contribution in [2.75, 3.05) is 25.0 Å². The largest absolute Gasteiger partial charge is 0.335 e. The van der Waals surface area contributed by atoms with Crippen molar-refractivity contribution in [3.63, 3.8) is 0 Å². The Morgan fingerprint density at radius 3 is 2.70 bits per heavy atom. The second-order valence-corrected chi connectivity index (χ2v) is 8.05. The van der Waals surface area contributed by atoms with Gasteiger partial charge in [-0.1, -0.05) is 18.2 Å². The fourth-order valence-electron chi connectivity index (χ4n) is 4.00. The van der Waals surface area contributed by atoms with Crippen molar-refractivity contribution in [2.24, 2.45) is 5.73 Å². The number of nitrogens with two attached hydrogens (primary N) is 1. The van der Waals surface area contributed by atoms with E-state index in [9.17, 15) is 23.2 Å². The van der Waals surface area contributed by atoms with E-state index in [-0.39, 0.29) is 37.1 Å². The number of nitrogens with zero attached hydrogens (tertiary/aromatic N) is 2. The van der Waals surface area contributed by atoms with Gasteiger partial charge < -0.3 is 20.9 Å². The van der Waals surface area contributed by atoms with Crippen LogP contribution in [0.2, 0.25) is 0 Å². The first-order valence-corrected chi connectivity index (χ1v) is 10.3. The number of anilines is 1. The maximum Gasteiger partial charge on any atom is 0.265 e. The van der Waals surface area contributed by atoms with E-state index in [1.807, 2.05) is 18.2 Å². The van der Waals surface area contributed by atoms with Gasteiger partial charge in [-0.25, -0.2) is 8.78 Å². The van der Waals surface area contributed by atoms with Crippen LogP contribution in [-0.4, -0.2) is 65.2 Å². The summed E-state index contributed by atoms with van der Waals surface area (Å²) in [5, 5.41) is 2.83. The van der Waals surface area contributed by atoms with Crippen LogP contribution in [0.5, 0.6) is 0 Å². The molecule has 1 aromatic carbocycles. The Morgan fingerprint density at radius 2 is 1.97 bits per heavy atom. The number of rotatable bonds is 6. The van der Waals surface area contributed by atoms with Crippen LogP contribution in [0, 0.1) is 0 Å². The first-order chi connectivity index (χ1) is 14.2. The number of halogens is 2. The highest BCUT2D eigenvalue weighted by atomic mass is 19.3. The van der Waals surface area contributed by atoms with E-state index < -0.39 is 31.0 Å². The van der Waals surface area contributed by atoms with Crippen molar-refractivity contribution >= 4 is 23.4 Å². The van der Waals surface area contributed by atoms with Gasteiger partial charge >= 0.3 is 0 Å². The maximum absolute atomic E-state index is 13.6. The van der Waals surface area contributed by atoms with Crippen LogP contribution in [0.3, 0.4) is 0 Å². The molecule has 3 rings (SSSR count). The molecule has 2 aliphatic heterocycles. The summed E-state index contributed by atoms with van der Waals surface area (Å²) in [5.74, 6) is -3.85. The quantitative estimate of drug-likeness (QED) is 0.733. The van der Waals surface area contributed by atoms with Crippen LogP contribution in [0.4, 0.5) is 14.5 Å². The predicted molar refractivity (Wildman–Crippen MR) is 108 cm³/mol. The number of nitrogens with one attached hydrogen (secondary N) is 1. The molecular weight excluding hydrogens is 394 g/mol. The Labute approximate surface area is 174 Å². The molecule has 2 saturated heterocycles. The number of likely N-dealkylation sites (tertiary alicyclic amines) is 2. The first-order valence-electron chi connectivity index (χ1n) is 10.3. The summed E-state index contributed by atoms with van der Waals surface area (Å²) in [6.45, 7) is -0.326. The van der Waals surface area contributed by atoms with Crippen molar-refractivity contribution in [2.45, 2.75) is 56.5 Å². The molecule has 2 aliphatic rings. The molecule has 30 heavy (non-hydrogen) atoms. The Bertz CT molecular complexity index is 775. The number of hydrogen-bond acceptors (Lipinski definition) is 4. The van der Waals surface area contributed by atoms with Gasteiger partial charge in [-0.05, 0) is 31.4 Å². The Balaban J connectivity index is 1.58. The minimum atomic E-state index is -2.93. The zero-order valence-corrected chi connectivity index (χ0v) is 16.9. The summed E-state index contributed by atoms with van der Waals surface area (Å²) in [6.07, 6.45) is 1.39. The lowest BCUT2D eigenvalue weighted by atomic mass is 9.99. The summed E-state index contributed by atoms with van der Waals surface area (Å²) in [4.78, 5) is 40.0. The molecule has 164 valence electrons. The Kier molecular flexibility index (Phi) is 7.02. The number of alkyl halides is 2. The standard InChI is InChI=1S/C21H28F2N4O3/c22-21(23)10-9-18(28)26(14-21)13-15(24)12-19(29)27-11-5-4-8-17(27)20(30)25-16-6-2-1-3-7-16/h1-3,6-7,15,17H,4-5,8-14,24H2,(H,25,30)/t15-,17-/m0/s1. The highest BCUT2D eigenvalue weighted by Crippen LogP contribution is 2.27. The molecule has 7 nitrogen and oxygen atoms in total. The number of para-hydroxylation sites is 1. The number of carbonyl (C=O) groups excluding carboxylic acids is 3. The molecular formula is C21H28F2N4O3. The molecule has 0 aliphatic carbocycles. The zero-order chi connectivity index (χ0) is 21.7. The SMILES string of the molecule is N[C@@H](CC(=O)N1CCCC[C@H]1C(=O)Nc1ccccc1)CN1CC(F)(F)CCC1=O. The maximum atomic E-state index is 13.6. The van der Waals surface area contributed by atoms with Crippen molar-refractivity contribution in [3.05, 3.63) is 30.3 Å². The van der Waals surface area contributed by atoms with E-state index in [1.165, 1.54) is 4.90 Å². The third-order valence-corrected chi connectivity index (χ3v) is 5.54. The van der Waals surface area contributed by atoms with Crippen LogP contribution in [0.25, 0.3) is 0 Å². The lowest BCUT2D eigenvalue weighted by Gasteiger charge is -2.36. The van der Waals surface area contributed by atoms with Crippen LogP contribution >= 0.6 is 0 Å². The number of benzene rings is 1. The molecule has 2 heterocycles. The van der Waals surface area contributed by atoms with E-state index in [0.717, 1.165) is 17.7 Å². The monoisotopic (exact) mass is 422 g/mol. The van der Waals surface area contributed by atoms with Gasteiger partial charge in [-0.15, -0.1) is 0 Å². The van der Waals surface area contributed by atoms with Crippen LogP contribution in [0.15, 0.2) is 30.3 Å². The molecule has 0 unspecified atom stereocenters. The Hall–Kier alpha value is -2.55. The highest BCUT2D eigenvalue weighted by molar-refractivity contribution is 5.97. The van der Waals surface area contributed by atoms with E-state index in [4.69, 9.17) is 5.73 Å². The summed E-state index contributed by atoms with van der Waals surface area (Å²) < 4.78 is 27.2. The molecule has 3 amide bonds. The van der Waals surface area contributed by atoms with E-state index in [0.29, 0.717) is 18.7 Å². The summed E-state index contributed by atoms with van der Waals surface area (Å²) in [6, 6.07) is 7.64. The van der Waals surface area contributed by atoms with Gasteiger partial charge in [0.05, 0.1) is 6.54 Å². The average Bonchev–Trinajstić information content (AvgIpc) is 2.71. The van der Waals surface area contributed by atoms with Gasteiger partial charge in [0.25, 0.3) is 5.92 Å². The van der Waals surface area contributed by atoms with Crippen molar-refractivity contribution in [1.29, 1.82) is 0 Å². The van der Waals surface area contributed by atoms with Gasteiger partial charge in [0, 0.05) is 44.1 Å². The van der Waals surface area contributed by atoms with E-state index in [2.05, 4.69) is 5.32 Å². The number of piperidine rings is 2. The summed E-state index contributed by atoms with van der Waals surface area (Å²) >= 11 is 0. The second kappa shape index (κ2) is 9.51. The molecule has 0 aromatic heterocycles. The molecule has 0 radical (unpaired) electrons. The number of amides is 3. The van der Waals surface area contributed by atoms with Crippen molar-refractivity contribution in [3.8, 4) is 0 Å². The van der Waals surface area contributed by atoms with Crippen LogP contribution < -0.4 is 11.1 Å². The van der Waals surface area contributed by atoms with Crippen LogP contribution in [-0.2, 0) is 14.4 Å². The molecule has 2 fully saturated rings. The summed E-state index contributed by atoms with van der Waals surface area (Å²) in [5.41, 5.74) is 6.68. The fourth-order valence-corrected chi connectivity index (χ4v) is 4.00. The lowest BCUT2D eigenvalue weighted by Crippen LogP contribution is -2.53. The molecule has 9 heteroatoms. The minimum Gasteiger partial charge on any atom is -0.335 e. The fraction of sp³-hybridized carbons (Fsp3) is 0.571. The first kappa shape index (κ1) is 22.1. The lowest BCUT2D eigenvalue weighted by molar-refractivity contribution is -0.148. The molecule has 0 saturated carbocycles. The van der Waals surface area contributed by atoms with E-state index in [1.54, 1.807) is 12.1 Å². The van der Waals surface area contributed by atoms with Gasteiger partial charge in [-0.3, -0.25) is 14.4 Å². The zero-order valence-electron chi connectivity index (χ0n) is 16.9. The molecule has 0 spiro atoms. The molecule has 0 bridgehead atoms. The minimum absolute atomic E-state index is 0.102. The predicted octanol–water partition coefficient (Wildman–Crippen LogP) is 1.98. The molecule has 1 aromatic rings. The van der Waals surface area contributed by atoms with Gasteiger partial charge in [0.1, 0.15) is 6.04 Å². The number of hydrogen-bond donors (Lipinski definition) is 2. The summed E-state index contributed by atoms with van der Waals surface area (Å²) in [7, 11) is 0. The molecule has 2 atom stereocenters. The highest BCUT2D eigenvalue weighted by Gasteiger charge is 2.40. The van der Waals surface area contributed by atoms with Gasteiger partial charge in [0.2, 0.25) is 17.7 Å². The number of carbonyl (C=O) groups is 3. The van der Waals surface area contributed by atoms with Crippen molar-refractivity contribution < 1.29 is 23.2 Å². The van der Waals surface area contributed by atoms with E-state index >= 15 is 0 Å². The average molecular weight is 422 g/mol. The Morgan fingerprint density at radius 1 is 1.23 bits per heavy atom.